The smallest absolute Gasteiger partial charge is 0.389 e. The lowest BCUT2D eigenvalue weighted by atomic mass is 10.0. The van der Waals surface area contributed by atoms with E-state index >= 15 is 0 Å². The quantitative estimate of drug-likeness (QED) is 0.393. The van der Waals surface area contributed by atoms with Gasteiger partial charge in [-0.2, -0.15) is 13.2 Å². The second-order valence-electron chi connectivity index (χ2n) is 7.41. The fraction of sp³-hybridized carbons (Fsp3) is 0.217. The number of hydrogen-bond acceptors (Lipinski definition) is 7. The molecule has 0 aliphatic rings. The molecule has 4 rings (SSSR count). The number of halogens is 3. The van der Waals surface area contributed by atoms with Crippen molar-refractivity contribution in [2.75, 3.05) is 20.0 Å². The first-order valence-electron chi connectivity index (χ1n) is 10.1. The number of benzene rings is 1. The van der Waals surface area contributed by atoms with Crippen LogP contribution in [0.25, 0.3) is 28.0 Å². The van der Waals surface area contributed by atoms with Crippen molar-refractivity contribution in [2.24, 2.45) is 0 Å². The van der Waals surface area contributed by atoms with Gasteiger partial charge in [-0.3, -0.25) is 9.20 Å². The molecule has 11 heteroatoms. The van der Waals surface area contributed by atoms with Crippen LogP contribution in [0.4, 0.5) is 19.1 Å². The van der Waals surface area contributed by atoms with E-state index in [-0.39, 0.29) is 23.0 Å². The third-order valence-corrected chi connectivity index (χ3v) is 5.23. The fourth-order valence-electron chi connectivity index (χ4n) is 3.58. The molecule has 0 spiro atoms. The molecule has 0 saturated carbocycles. The van der Waals surface area contributed by atoms with Crippen LogP contribution in [0.15, 0.2) is 49.1 Å². The molecule has 0 aliphatic carbocycles. The Kier molecular flexibility index (Phi) is 6.10. The van der Waals surface area contributed by atoms with Crippen molar-refractivity contribution in [3.05, 3.63) is 54.6 Å². The van der Waals surface area contributed by atoms with Gasteiger partial charge in [-0.05, 0) is 29.8 Å². The first-order valence-corrected chi connectivity index (χ1v) is 10.1. The zero-order valence-electron chi connectivity index (χ0n) is 18.3. The van der Waals surface area contributed by atoms with Crippen LogP contribution in [0.2, 0.25) is 0 Å². The minimum atomic E-state index is -4.44. The average Bonchev–Trinajstić information content (AvgIpc) is 3.25. The van der Waals surface area contributed by atoms with E-state index in [4.69, 9.17) is 15.2 Å². The number of aromatic nitrogens is 4. The van der Waals surface area contributed by atoms with Gasteiger partial charge >= 0.3 is 6.18 Å². The van der Waals surface area contributed by atoms with Crippen molar-refractivity contribution in [1.29, 1.82) is 0 Å². The Morgan fingerprint density at radius 3 is 2.21 bits per heavy atom. The lowest BCUT2D eigenvalue weighted by Crippen LogP contribution is -2.12. The van der Waals surface area contributed by atoms with Gasteiger partial charge in [-0.15, -0.1) is 0 Å². The Bertz CT molecular complexity index is 1330. The van der Waals surface area contributed by atoms with E-state index in [9.17, 15) is 18.0 Å². The Hall–Kier alpha value is -4.15. The minimum Gasteiger partial charge on any atom is -0.496 e. The van der Waals surface area contributed by atoms with Crippen molar-refractivity contribution in [2.45, 2.75) is 19.0 Å². The number of pyridine rings is 1. The van der Waals surface area contributed by atoms with Crippen molar-refractivity contribution in [1.82, 2.24) is 19.4 Å². The molecular weight excluding hydrogens is 451 g/mol. The molecule has 3 aromatic heterocycles. The van der Waals surface area contributed by atoms with Crippen molar-refractivity contribution in [3.63, 3.8) is 0 Å². The molecule has 176 valence electrons. The van der Waals surface area contributed by atoms with E-state index < -0.39 is 24.8 Å². The number of Topliss-reactive ketones (excluding diaryl/α,β-unsaturated/α-hetero) is 1. The topological polar surface area (TPSA) is 105 Å². The maximum Gasteiger partial charge on any atom is 0.389 e. The number of carbonyl (C=O) groups excluding carboxylic acids is 1. The number of ketones is 1. The fourth-order valence-corrected chi connectivity index (χ4v) is 3.58. The van der Waals surface area contributed by atoms with E-state index in [1.165, 1.54) is 14.2 Å². The highest BCUT2D eigenvalue weighted by Gasteiger charge is 2.30. The van der Waals surface area contributed by atoms with Gasteiger partial charge in [0.1, 0.15) is 22.7 Å². The number of nitrogen functional groups attached to an aromatic ring is 1. The lowest BCUT2D eigenvalue weighted by molar-refractivity contribution is -0.133. The summed E-state index contributed by atoms with van der Waals surface area (Å²) in [5, 5.41) is 0. The van der Waals surface area contributed by atoms with E-state index in [1.807, 2.05) is 22.7 Å². The number of hydrogen-bond donors (Lipinski definition) is 1. The Balaban J connectivity index is 1.73. The third-order valence-electron chi connectivity index (χ3n) is 5.23. The van der Waals surface area contributed by atoms with E-state index in [2.05, 4.69) is 15.0 Å². The highest BCUT2D eigenvalue weighted by atomic mass is 19.4. The van der Waals surface area contributed by atoms with Crippen LogP contribution in [0.1, 0.15) is 23.2 Å². The summed E-state index contributed by atoms with van der Waals surface area (Å²) in [5.41, 5.74) is 9.03. The normalized spacial score (nSPS) is 11.6. The molecule has 3 heterocycles. The first kappa shape index (κ1) is 23.0. The SMILES string of the molecule is COc1cc(-c2cnc3cc(-c4cnc(N)nc4)ccn23)cc(OC)c1C(=O)CCC(F)(F)F. The maximum atomic E-state index is 12.6. The number of imidazole rings is 1. The monoisotopic (exact) mass is 471 g/mol. The zero-order valence-corrected chi connectivity index (χ0v) is 18.3. The third kappa shape index (κ3) is 4.63. The molecule has 0 bridgehead atoms. The number of rotatable bonds is 7. The summed E-state index contributed by atoms with van der Waals surface area (Å²) in [5.74, 6) is -0.304. The molecule has 34 heavy (non-hydrogen) atoms. The standard InChI is InChI=1S/C23H20F3N5O3/c1-33-18-7-14(8-19(34-2)21(18)17(32)3-5-23(24,25)26)16-12-28-20-9-13(4-6-31(16)20)15-10-29-22(27)30-11-15/h4,6-12H,3,5H2,1-2H3,(H2,27,29,30). The summed E-state index contributed by atoms with van der Waals surface area (Å²) in [6, 6.07) is 6.86. The van der Waals surface area contributed by atoms with Crippen LogP contribution in [0.5, 0.6) is 11.5 Å². The molecular formula is C23H20F3N5O3. The summed E-state index contributed by atoms with van der Waals surface area (Å²) in [6.45, 7) is 0. The Labute approximate surface area is 192 Å². The second kappa shape index (κ2) is 9.00. The average molecular weight is 471 g/mol. The first-order chi connectivity index (χ1) is 16.2. The molecule has 0 radical (unpaired) electrons. The van der Waals surface area contributed by atoms with E-state index in [0.717, 1.165) is 11.1 Å². The number of ether oxygens (including phenoxy) is 2. The minimum absolute atomic E-state index is 0.0301. The highest BCUT2D eigenvalue weighted by Crippen LogP contribution is 2.37. The summed E-state index contributed by atoms with van der Waals surface area (Å²) in [6.07, 6.45) is 0.300. The van der Waals surface area contributed by atoms with Gasteiger partial charge in [-0.1, -0.05) is 0 Å². The van der Waals surface area contributed by atoms with Crippen molar-refractivity contribution >= 4 is 17.4 Å². The van der Waals surface area contributed by atoms with Crippen molar-refractivity contribution in [3.8, 4) is 33.9 Å². The molecule has 1 aromatic carbocycles. The summed E-state index contributed by atoms with van der Waals surface area (Å²) < 4.78 is 50.3. The molecule has 0 unspecified atom stereocenters. The number of methoxy groups -OCH3 is 2. The number of carbonyl (C=O) groups is 1. The molecule has 2 N–H and O–H groups in total. The zero-order chi connectivity index (χ0) is 24.5. The maximum absolute atomic E-state index is 12.6. The van der Waals surface area contributed by atoms with Crippen molar-refractivity contribution < 1.29 is 27.4 Å². The van der Waals surface area contributed by atoms with Gasteiger partial charge in [0.15, 0.2) is 5.78 Å². The number of alkyl halides is 3. The second-order valence-corrected chi connectivity index (χ2v) is 7.41. The van der Waals surface area contributed by atoms with Crippen LogP contribution >= 0.6 is 0 Å². The number of nitrogens with two attached hydrogens (primary N) is 1. The largest absolute Gasteiger partial charge is 0.496 e. The van der Waals surface area contributed by atoms with Gasteiger partial charge in [0.05, 0.1) is 32.5 Å². The highest BCUT2D eigenvalue weighted by molar-refractivity contribution is 6.02. The molecule has 8 nitrogen and oxygen atoms in total. The molecule has 0 atom stereocenters. The predicted octanol–water partition coefficient (Wildman–Crippen LogP) is 4.58. The molecule has 0 saturated heterocycles. The van der Waals surface area contributed by atoms with Crippen LogP contribution < -0.4 is 15.2 Å². The van der Waals surface area contributed by atoms with E-state index in [0.29, 0.717) is 16.9 Å². The molecule has 4 aromatic rings. The lowest BCUT2D eigenvalue weighted by Gasteiger charge is -2.15. The van der Waals surface area contributed by atoms with Crippen LogP contribution in [0.3, 0.4) is 0 Å². The van der Waals surface area contributed by atoms with Crippen LogP contribution in [0, 0.1) is 0 Å². The summed E-state index contributed by atoms with van der Waals surface area (Å²) >= 11 is 0. The van der Waals surface area contributed by atoms with Gasteiger partial charge in [0.25, 0.3) is 0 Å². The summed E-state index contributed by atoms with van der Waals surface area (Å²) in [4.78, 5) is 25.0. The molecule has 0 fully saturated rings. The molecule has 0 amide bonds. The van der Waals surface area contributed by atoms with E-state index in [1.54, 1.807) is 30.7 Å². The van der Waals surface area contributed by atoms with Crippen LogP contribution in [-0.2, 0) is 0 Å². The Morgan fingerprint density at radius 1 is 0.971 bits per heavy atom. The van der Waals surface area contributed by atoms with Gasteiger partial charge in [0, 0.05) is 36.1 Å². The summed E-state index contributed by atoms with van der Waals surface area (Å²) in [7, 11) is 2.68. The van der Waals surface area contributed by atoms with Gasteiger partial charge < -0.3 is 15.2 Å². The number of anilines is 1. The number of fused-ring (bicyclic) bond motifs is 1. The number of nitrogens with zero attached hydrogens (tertiary/aromatic N) is 4. The molecule has 0 aliphatic heterocycles. The van der Waals surface area contributed by atoms with Crippen LogP contribution in [-0.4, -0.2) is 45.5 Å². The van der Waals surface area contributed by atoms with Gasteiger partial charge in [0.2, 0.25) is 5.95 Å². The predicted molar refractivity (Wildman–Crippen MR) is 119 cm³/mol. The Morgan fingerprint density at radius 2 is 1.62 bits per heavy atom. The van der Waals surface area contributed by atoms with Gasteiger partial charge in [-0.25, -0.2) is 15.0 Å².